The van der Waals surface area contributed by atoms with E-state index in [-0.39, 0.29) is 11.4 Å². The Balaban J connectivity index is 2.40. The second kappa shape index (κ2) is 9.31. The molecular weight excluding hydrogens is 296 g/mol. The summed E-state index contributed by atoms with van der Waals surface area (Å²) >= 11 is 0. The molecule has 1 rings (SSSR count). The summed E-state index contributed by atoms with van der Waals surface area (Å²) in [5, 5.41) is 5.73. The largest absolute Gasteiger partial charge is 0.334 e. The Kier molecular flexibility index (Phi) is 7.76. The number of rotatable bonds is 6. The molecule has 0 unspecified atom stereocenters. The van der Waals surface area contributed by atoms with Gasteiger partial charge in [-0.1, -0.05) is 56.2 Å². The number of nitrogens with one attached hydrogen (secondary N) is 2. The van der Waals surface area contributed by atoms with Crippen molar-refractivity contribution in [2.24, 2.45) is 0 Å². The van der Waals surface area contributed by atoms with E-state index in [1.54, 1.807) is 0 Å². The maximum absolute atomic E-state index is 11.9. The SMILES string of the molecule is CC(C)=CCC/C(C)=C/CNC(=O)Nc1ccc(C(C)(C)C)cc1. The first kappa shape index (κ1) is 20.0. The Hall–Kier alpha value is -2.03. The average molecular weight is 329 g/mol. The first-order chi connectivity index (χ1) is 11.2. The lowest BCUT2D eigenvalue weighted by Crippen LogP contribution is -2.28. The third-order valence-electron chi connectivity index (χ3n) is 3.81. The summed E-state index contributed by atoms with van der Waals surface area (Å²) in [6, 6.07) is 7.83. The van der Waals surface area contributed by atoms with Gasteiger partial charge in [-0.2, -0.15) is 0 Å². The van der Waals surface area contributed by atoms with Crippen molar-refractivity contribution in [3.8, 4) is 0 Å². The van der Waals surface area contributed by atoms with E-state index in [1.165, 1.54) is 16.7 Å². The minimum atomic E-state index is -0.174. The maximum atomic E-state index is 11.9. The van der Waals surface area contributed by atoms with Gasteiger partial charge in [0, 0.05) is 12.2 Å². The number of allylic oxidation sites excluding steroid dienone is 3. The summed E-state index contributed by atoms with van der Waals surface area (Å²) < 4.78 is 0. The second-order valence-corrected chi connectivity index (χ2v) is 7.53. The van der Waals surface area contributed by atoms with Crippen LogP contribution in [0.5, 0.6) is 0 Å². The van der Waals surface area contributed by atoms with Crippen LogP contribution in [0, 0.1) is 0 Å². The van der Waals surface area contributed by atoms with Crippen LogP contribution in [-0.2, 0) is 5.41 Å². The monoisotopic (exact) mass is 328 g/mol. The van der Waals surface area contributed by atoms with Crippen molar-refractivity contribution in [3.63, 3.8) is 0 Å². The third kappa shape index (κ3) is 8.00. The number of carbonyl (C=O) groups excluding carboxylic acids is 1. The Morgan fingerprint density at radius 2 is 1.67 bits per heavy atom. The highest BCUT2D eigenvalue weighted by Crippen LogP contribution is 2.23. The van der Waals surface area contributed by atoms with Crippen molar-refractivity contribution in [2.75, 3.05) is 11.9 Å². The lowest BCUT2D eigenvalue weighted by atomic mass is 9.87. The third-order valence-corrected chi connectivity index (χ3v) is 3.81. The molecule has 0 atom stereocenters. The summed E-state index contributed by atoms with van der Waals surface area (Å²) in [6.45, 7) is 13.4. The van der Waals surface area contributed by atoms with Crippen LogP contribution in [0.3, 0.4) is 0 Å². The van der Waals surface area contributed by atoms with Crippen LogP contribution < -0.4 is 10.6 Å². The van der Waals surface area contributed by atoms with Crippen LogP contribution in [0.4, 0.5) is 10.5 Å². The summed E-state index contributed by atoms with van der Waals surface area (Å²) in [7, 11) is 0. The number of hydrogen-bond acceptors (Lipinski definition) is 1. The minimum Gasteiger partial charge on any atom is -0.334 e. The molecule has 0 aliphatic heterocycles. The molecular formula is C21H32N2O. The van der Waals surface area contributed by atoms with Crippen LogP contribution in [0.1, 0.15) is 59.9 Å². The molecule has 1 aromatic carbocycles. The van der Waals surface area contributed by atoms with Crippen LogP contribution >= 0.6 is 0 Å². The molecule has 0 saturated heterocycles. The zero-order valence-corrected chi connectivity index (χ0v) is 16.0. The summed E-state index contributed by atoms with van der Waals surface area (Å²) in [4.78, 5) is 11.9. The van der Waals surface area contributed by atoms with Gasteiger partial charge in [-0.3, -0.25) is 0 Å². The van der Waals surface area contributed by atoms with Gasteiger partial charge in [0.05, 0.1) is 0 Å². The quantitative estimate of drug-likeness (QED) is 0.637. The number of urea groups is 1. The molecule has 0 radical (unpaired) electrons. The molecule has 2 N–H and O–H groups in total. The van der Waals surface area contributed by atoms with Crippen molar-refractivity contribution in [2.45, 2.75) is 59.8 Å². The van der Waals surface area contributed by atoms with E-state index < -0.39 is 0 Å². The number of benzene rings is 1. The van der Waals surface area contributed by atoms with Gasteiger partial charge >= 0.3 is 6.03 Å². The predicted octanol–water partition coefficient (Wildman–Crippen LogP) is 5.80. The van der Waals surface area contributed by atoms with Crippen molar-refractivity contribution >= 4 is 11.7 Å². The van der Waals surface area contributed by atoms with Crippen LogP contribution in [0.2, 0.25) is 0 Å². The highest BCUT2D eigenvalue weighted by atomic mass is 16.2. The smallest absolute Gasteiger partial charge is 0.319 e. The standard InChI is InChI=1S/C21H32N2O/c1-16(2)8-7-9-17(3)14-15-22-20(24)23-19-12-10-18(11-13-19)21(4,5)6/h8,10-14H,7,9,15H2,1-6H3,(H2,22,23,24)/b17-14+. The molecule has 0 fully saturated rings. The fourth-order valence-electron chi connectivity index (χ4n) is 2.24. The van der Waals surface area contributed by atoms with E-state index >= 15 is 0 Å². The topological polar surface area (TPSA) is 41.1 Å². The number of anilines is 1. The fourth-order valence-corrected chi connectivity index (χ4v) is 2.24. The van der Waals surface area contributed by atoms with E-state index in [0.717, 1.165) is 18.5 Å². The van der Waals surface area contributed by atoms with E-state index in [4.69, 9.17) is 0 Å². The number of hydrogen-bond donors (Lipinski definition) is 2. The molecule has 132 valence electrons. The molecule has 0 aliphatic carbocycles. The molecule has 3 heteroatoms. The zero-order valence-electron chi connectivity index (χ0n) is 16.0. The van der Waals surface area contributed by atoms with Gasteiger partial charge in [-0.05, 0) is 56.7 Å². The molecule has 0 saturated carbocycles. The Bertz CT molecular complexity index is 585. The molecule has 1 aromatic rings. The molecule has 3 nitrogen and oxygen atoms in total. The lowest BCUT2D eigenvalue weighted by molar-refractivity contribution is 0.253. The molecule has 0 heterocycles. The molecule has 2 amide bonds. The van der Waals surface area contributed by atoms with E-state index in [0.29, 0.717) is 6.54 Å². The molecule has 0 aliphatic rings. The average Bonchev–Trinajstić information content (AvgIpc) is 2.46. The van der Waals surface area contributed by atoms with Crippen molar-refractivity contribution < 1.29 is 4.79 Å². The van der Waals surface area contributed by atoms with Crippen molar-refractivity contribution in [3.05, 3.63) is 53.1 Å². The Morgan fingerprint density at radius 1 is 1.04 bits per heavy atom. The molecule has 0 aromatic heterocycles. The number of carbonyl (C=O) groups is 1. The summed E-state index contributed by atoms with van der Waals surface area (Å²) in [5.41, 5.74) is 4.82. The van der Waals surface area contributed by atoms with Gasteiger partial charge in [-0.15, -0.1) is 0 Å². The minimum absolute atomic E-state index is 0.120. The Morgan fingerprint density at radius 3 is 2.21 bits per heavy atom. The summed E-state index contributed by atoms with van der Waals surface area (Å²) in [6.07, 6.45) is 6.39. The zero-order chi connectivity index (χ0) is 18.2. The predicted molar refractivity (Wildman–Crippen MR) is 105 cm³/mol. The molecule has 0 spiro atoms. The highest BCUT2D eigenvalue weighted by molar-refractivity contribution is 5.89. The van der Waals surface area contributed by atoms with E-state index in [9.17, 15) is 4.79 Å². The van der Waals surface area contributed by atoms with E-state index in [1.807, 2.05) is 12.1 Å². The van der Waals surface area contributed by atoms with Gasteiger partial charge in [0.1, 0.15) is 0 Å². The van der Waals surface area contributed by atoms with Crippen molar-refractivity contribution in [1.82, 2.24) is 5.32 Å². The van der Waals surface area contributed by atoms with Gasteiger partial charge < -0.3 is 10.6 Å². The first-order valence-corrected chi connectivity index (χ1v) is 8.63. The maximum Gasteiger partial charge on any atom is 0.319 e. The fraction of sp³-hybridized carbons (Fsp3) is 0.476. The second-order valence-electron chi connectivity index (χ2n) is 7.53. The van der Waals surface area contributed by atoms with Gasteiger partial charge in [-0.25, -0.2) is 4.79 Å². The normalized spacial score (nSPS) is 11.8. The van der Waals surface area contributed by atoms with Crippen molar-refractivity contribution in [1.29, 1.82) is 0 Å². The molecule has 0 bridgehead atoms. The molecule has 24 heavy (non-hydrogen) atoms. The van der Waals surface area contributed by atoms with E-state index in [2.05, 4.69) is 76.5 Å². The van der Waals surface area contributed by atoms with Crippen LogP contribution in [0.25, 0.3) is 0 Å². The highest BCUT2D eigenvalue weighted by Gasteiger charge is 2.13. The van der Waals surface area contributed by atoms with Crippen LogP contribution in [-0.4, -0.2) is 12.6 Å². The summed E-state index contributed by atoms with van der Waals surface area (Å²) in [5.74, 6) is 0. The van der Waals surface area contributed by atoms with Gasteiger partial charge in [0.25, 0.3) is 0 Å². The van der Waals surface area contributed by atoms with Crippen LogP contribution in [0.15, 0.2) is 47.6 Å². The van der Waals surface area contributed by atoms with Gasteiger partial charge in [0.15, 0.2) is 0 Å². The van der Waals surface area contributed by atoms with Gasteiger partial charge in [0.2, 0.25) is 0 Å². The lowest BCUT2D eigenvalue weighted by Gasteiger charge is -2.19. The first-order valence-electron chi connectivity index (χ1n) is 8.63. The number of amides is 2. The Labute approximate surface area is 147 Å².